The molecule has 2 aliphatic heterocycles. The van der Waals surface area contributed by atoms with Crippen LogP contribution in [0.2, 0.25) is 0 Å². The molecule has 1 spiro atoms. The quantitative estimate of drug-likeness (QED) is 0.425. The largest absolute Gasteiger partial charge is 0.458 e. The molecule has 8 atom stereocenters. The highest BCUT2D eigenvalue weighted by Gasteiger charge is 2.84. The summed E-state index contributed by atoms with van der Waals surface area (Å²) >= 11 is 0. The Bertz CT molecular complexity index is 1120. The number of esters is 2. The van der Waals surface area contributed by atoms with Crippen molar-refractivity contribution in [3.8, 4) is 0 Å². The van der Waals surface area contributed by atoms with Crippen LogP contribution in [-0.2, 0) is 38.1 Å². The zero-order chi connectivity index (χ0) is 25.9. The molecule has 8 heteroatoms. The molecule has 2 heterocycles. The van der Waals surface area contributed by atoms with Crippen LogP contribution in [-0.4, -0.2) is 53.5 Å². The average Bonchev–Trinajstić information content (AvgIpc) is 3.35. The third-order valence-electron chi connectivity index (χ3n) is 10.2. The normalized spacial score (nSPS) is 47.2. The fourth-order valence-electron chi connectivity index (χ4n) is 8.89. The van der Waals surface area contributed by atoms with Crippen molar-refractivity contribution < 1.29 is 38.1 Å². The molecule has 6 aliphatic rings. The van der Waals surface area contributed by atoms with E-state index in [-0.39, 0.29) is 47.3 Å². The molecule has 0 amide bonds. The lowest BCUT2D eigenvalue weighted by Gasteiger charge is -2.56. The molecule has 0 radical (unpaired) electrons. The smallest absolute Gasteiger partial charge is 0.307 e. The summed E-state index contributed by atoms with van der Waals surface area (Å²) in [6.07, 6.45) is 7.62. The standard InChI is InChI=1S/C28H36O8/c1-15(29)32-14-21(31)28-22(34-24(3,4)36-28)12-20-19-8-7-17-11-18(33-16(2)30)9-10-25(17,5)27(19)23(35-27)13-26(20,28)6/h7,11,19-20,22-23H,8-10,12-14H2,1-6H3/t19-,20-,22?,23-,25-,26-,27+,28+/m0/s1. The molecule has 0 bridgehead atoms. The van der Waals surface area contributed by atoms with Crippen LogP contribution in [0.4, 0.5) is 0 Å². The van der Waals surface area contributed by atoms with Gasteiger partial charge in [-0.25, -0.2) is 0 Å². The van der Waals surface area contributed by atoms with E-state index in [4.69, 9.17) is 23.7 Å². The lowest BCUT2D eigenvalue weighted by molar-refractivity contribution is -0.211. The Balaban J connectivity index is 1.38. The Morgan fingerprint density at radius 2 is 1.78 bits per heavy atom. The van der Waals surface area contributed by atoms with Crippen LogP contribution in [0.25, 0.3) is 0 Å². The minimum absolute atomic E-state index is 0.00871. The van der Waals surface area contributed by atoms with Crippen molar-refractivity contribution in [2.24, 2.45) is 22.7 Å². The predicted octanol–water partition coefficient (Wildman–Crippen LogP) is 3.77. The van der Waals surface area contributed by atoms with Gasteiger partial charge >= 0.3 is 11.9 Å². The number of fused-ring (bicyclic) bond motifs is 5. The molecule has 1 unspecified atom stereocenters. The zero-order valence-electron chi connectivity index (χ0n) is 22.0. The lowest BCUT2D eigenvalue weighted by atomic mass is 9.47. The summed E-state index contributed by atoms with van der Waals surface area (Å²) in [5, 5.41) is 0. The first-order chi connectivity index (χ1) is 16.8. The average molecular weight is 501 g/mol. The van der Waals surface area contributed by atoms with Gasteiger partial charge in [0.2, 0.25) is 5.78 Å². The number of epoxide rings is 1. The monoisotopic (exact) mass is 500 g/mol. The molecule has 2 saturated carbocycles. The van der Waals surface area contributed by atoms with Gasteiger partial charge in [0.25, 0.3) is 0 Å². The minimum Gasteiger partial charge on any atom is -0.458 e. The molecule has 0 N–H and O–H groups in total. The van der Waals surface area contributed by atoms with Crippen molar-refractivity contribution in [3.05, 3.63) is 23.5 Å². The number of rotatable bonds is 4. The number of carbonyl (C=O) groups excluding carboxylic acids is 3. The molecular weight excluding hydrogens is 464 g/mol. The van der Waals surface area contributed by atoms with E-state index in [9.17, 15) is 14.4 Å². The minimum atomic E-state index is -1.19. The zero-order valence-corrected chi connectivity index (χ0v) is 22.0. The van der Waals surface area contributed by atoms with E-state index in [2.05, 4.69) is 19.9 Å². The van der Waals surface area contributed by atoms with Crippen molar-refractivity contribution in [1.29, 1.82) is 0 Å². The fraction of sp³-hybridized carbons (Fsp3) is 0.750. The van der Waals surface area contributed by atoms with Gasteiger partial charge in [0.15, 0.2) is 18.0 Å². The highest BCUT2D eigenvalue weighted by atomic mass is 16.8. The van der Waals surface area contributed by atoms with Gasteiger partial charge in [0, 0.05) is 31.1 Å². The van der Waals surface area contributed by atoms with E-state index in [1.165, 1.54) is 19.4 Å². The Hall–Kier alpha value is -2.03. The summed E-state index contributed by atoms with van der Waals surface area (Å²) in [5.74, 6) is -0.847. The molecule has 196 valence electrons. The molecule has 8 nitrogen and oxygen atoms in total. The van der Waals surface area contributed by atoms with Crippen LogP contribution in [0.5, 0.6) is 0 Å². The molecule has 0 aromatic rings. The van der Waals surface area contributed by atoms with Crippen LogP contribution in [0, 0.1) is 22.7 Å². The summed E-state index contributed by atoms with van der Waals surface area (Å²) < 4.78 is 30.3. The van der Waals surface area contributed by atoms with Crippen LogP contribution < -0.4 is 0 Å². The highest BCUT2D eigenvalue weighted by Crippen LogP contribution is 2.77. The van der Waals surface area contributed by atoms with E-state index in [0.717, 1.165) is 12.8 Å². The first-order valence-corrected chi connectivity index (χ1v) is 13.1. The van der Waals surface area contributed by atoms with Gasteiger partial charge in [0.1, 0.15) is 11.4 Å². The van der Waals surface area contributed by atoms with Crippen molar-refractivity contribution in [1.82, 2.24) is 0 Å². The van der Waals surface area contributed by atoms with Crippen molar-refractivity contribution in [3.63, 3.8) is 0 Å². The highest BCUT2D eigenvalue weighted by molar-refractivity contribution is 5.92. The van der Waals surface area contributed by atoms with Crippen molar-refractivity contribution in [2.45, 2.75) is 103 Å². The first-order valence-electron chi connectivity index (χ1n) is 13.1. The maximum absolute atomic E-state index is 13.8. The van der Waals surface area contributed by atoms with E-state index in [1.54, 1.807) is 0 Å². The van der Waals surface area contributed by atoms with Crippen LogP contribution in [0.3, 0.4) is 0 Å². The van der Waals surface area contributed by atoms with Crippen molar-refractivity contribution >= 4 is 17.7 Å². The maximum Gasteiger partial charge on any atom is 0.307 e. The lowest BCUT2D eigenvalue weighted by Crippen LogP contribution is -2.63. The van der Waals surface area contributed by atoms with Gasteiger partial charge in [-0.2, -0.15) is 0 Å². The van der Waals surface area contributed by atoms with Gasteiger partial charge in [-0.1, -0.05) is 19.9 Å². The fourth-order valence-corrected chi connectivity index (χ4v) is 8.89. The molecule has 4 fully saturated rings. The number of Topliss-reactive ketones (excluding diaryl/α,β-unsaturated/α-hetero) is 1. The molecule has 6 rings (SSSR count). The van der Waals surface area contributed by atoms with Crippen molar-refractivity contribution in [2.75, 3.05) is 6.61 Å². The third kappa shape index (κ3) is 2.89. The summed E-state index contributed by atoms with van der Waals surface area (Å²) in [6.45, 7) is 10.5. The van der Waals surface area contributed by atoms with Gasteiger partial charge in [-0.15, -0.1) is 0 Å². The number of hydrogen-bond donors (Lipinski definition) is 0. The van der Waals surface area contributed by atoms with E-state index in [0.29, 0.717) is 25.0 Å². The van der Waals surface area contributed by atoms with E-state index in [1.807, 2.05) is 19.9 Å². The maximum atomic E-state index is 13.8. The summed E-state index contributed by atoms with van der Waals surface area (Å²) in [5.41, 5.74) is -1.03. The van der Waals surface area contributed by atoms with Gasteiger partial charge in [-0.05, 0) is 63.0 Å². The Kier molecular flexibility index (Phi) is 4.93. The molecule has 0 aromatic carbocycles. The van der Waals surface area contributed by atoms with Gasteiger partial charge in [-0.3, -0.25) is 14.4 Å². The Morgan fingerprint density at radius 3 is 2.47 bits per heavy atom. The number of hydrogen-bond acceptors (Lipinski definition) is 8. The predicted molar refractivity (Wildman–Crippen MR) is 126 cm³/mol. The number of ketones is 1. The molecule has 36 heavy (non-hydrogen) atoms. The SMILES string of the molecule is CC(=O)OCC(=O)[C@@]12OC(C)(C)OC1C[C@H]1[C@@H]3CC=C4C=C(OC(C)=O)CC[C@]4(C)[C@@]34O[C@H]4C[C@@]12C. The van der Waals surface area contributed by atoms with Crippen LogP contribution in [0.1, 0.15) is 73.6 Å². The molecule has 2 saturated heterocycles. The Labute approximate surface area is 211 Å². The van der Waals surface area contributed by atoms with Gasteiger partial charge in [0.05, 0.1) is 12.2 Å². The number of carbonyl (C=O) groups is 3. The Morgan fingerprint density at radius 1 is 1.03 bits per heavy atom. The third-order valence-corrected chi connectivity index (χ3v) is 10.2. The van der Waals surface area contributed by atoms with E-state index < -0.39 is 28.9 Å². The van der Waals surface area contributed by atoms with Crippen LogP contribution in [0.15, 0.2) is 23.5 Å². The molecular formula is C28H36O8. The molecule has 4 aliphatic carbocycles. The van der Waals surface area contributed by atoms with Gasteiger partial charge < -0.3 is 23.7 Å². The second-order valence-corrected chi connectivity index (χ2v) is 12.4. The molecule has 0 aromatic heterocycles. The summed E-state index contributed by atoms with van der Waals surface area (Å²) in [4.78, 5) is 36.9. The topological polar surface area (TPSA) is 101 Å². The van der Waals surface area contributed by atoms with E-state index >= 15 is 0 Å². The first kappa shape index (κ1) is 24.3. The second-order valence-electron chi connectivity index (χ2n) is 12.4. The number of ether oxygens (including phenoxy) is 5. The second kappa shape index (κ2) is 7.29. The summed E-state index contributed by atoms with van der Waals surface area (Å²) in [6, 6.07) is 0. The number of allylic oxidation sites excluding steroid dienone is 3. The summed E-state index contributed by atoms with van der Waals surface area (Å²) in [7, 11) is 0. The van der Waals surface area contributed by atoms with Crippen LogP contribution >= 0.6 is 0 Å².